The van der Waals surface area contributed by atoms with Crippen molar-refractivity contribution in [3.05, 3.63) is 46.7 Å². The van der Waals surface area contributed by atoms with E-state index in [-0.39, 0.29) is 5.91 Å². The van der Waals surface area contributed by atoms with Crippen LogP contribution < -0.4 is 0 Å². The fraction of sp³-hybridized carbons (Fsp3) is 0.333. The molecular formula is C15H16BrN3O. The number of aromatic nitrogens is 2. The minimum absolute atomic E-state index is 0.0818. The SMILES string of the molecule is C[C@@H]1CCCN1C(=O)c1cnn(-c2ccc(Br)cc2)c1. The first-order valence-corrected chi connectivity index (χ1v) is 7.56. The quantitative estimate of drug-likeness (QED) is 0.845. The summed E-state index contributed by atoms with van der Waals surface area (Å²) in [4.78, 5) is 14.4. The summed E-state index contributed by atoms with van der Waals surface area (Å²) in [7, 11) is 0. The molecule has 1 aliphatic heterocycles. The number of carbonyl (C=O) groups is 1. The molecule has 1 aromatic carbocycles. The second kappa shape index (κ2) is 5.40. The van der Waals surface area contributed by atoms with Crippen LogP contribution in [-0.2, 0) is 0 Å². The van der Waals surface area contributed by atoms with Crippen LogP contribution in [0.25, 0.3) is 5.69 Å². The van der Waals surface area contributed by atoms with E-state index >= 15 is 0 Å². The van der Waals surface area contributed by atoms with Crippen LogP contribution in [0, 0.1) is 0 Å². The summed E-state index contributed by atoms with van der Waals surface area (Å²) in [5, 5.41) is 4.29. The maximum Gasteiger partial charge on any atom is 0.257 e. The highest BCUT2D eigenvalue weighted by Gasteiger charge is 2.26. The largest absolute Gasteiger partial charge is 0.336 e. The lowest BCUT2D eigenvalue weighted by Gasteiger charge is -2.20. The molecule has 20 heavy (non-hydrogen) atoms. The number of likely N-dealkylation sites (tertiary alicyclic amines) is 1. The second-order valence-corrected chi connectivity index (χ2v) is 6.06. The molecule has 0 radical (unpaired) electrons. The third kappa shape index (κ3) is 2.50. The van der Waals surface area contributed by atoms with Crippen LogP contribution in [0.15, 0.2) is 41.1 Å². The van der Waals surface area contributed by atoms with Crippen molar-refractivity contribution in [2.45, 2.75) is 25.8 Å². The second-order valence-electron chi connectivity index (χ2n) is 5.14. The van der Waals surface area contributed by atoms with E-state index in [2.05, 4.69) is 28.0 Å². The van der Waals surface area contributed by atoms with Crippen LogP contribution in [0.1, 0.15) is 30.1 Å². The third-order valence-corrected chi connectivity index (χ3v) is 4.26. The standard InChI is InChI=1S/C15H16BrN3O/c1-11-3-2-8-18(11)15(20)12-9-17-19(10-12)14-6-4-13(16)5-7-14/h4-7,9-11H,2-3,8H2,1H3/t11-/m1/s1. The molecule has 1 aromatic heterocycles. The van der Waals surface area contributed by atoms with Gasteiger partial charge in [0.2, 0.25) is 0 Å². The van der Waals surface area contributed by atoms with Crippen molar-refractivity contribution in [3.8, 4) is 5.69 Å². The van der Waals surface area contributed by atoms with Crippen molar-refractivity contribution in [2.24, 2.45) is 0 Å². The Morgan fingerprint density at radius 1 is 1.35 bits per heavy atom. The Bertz CT molecular complexity index is 620. The van der Waals surface area contributed by atoms with Gasteiger partial charge in [-0.15, -0.1) is 0 Å². The molecule has 1 amide bonds. The lowest BCUT2D eigenvalue weighted by Crippen LogP contribution is -2.33. The van der Waals surface area contributed by atoms with Crippen molar-refractivity contribution >= 4 is 21.8 Å². The van der Waals surface area contributed by atoms with Gasteiger partial charge in [0.25, 0.3) is 5.91 Å². The van der Waals surface area contributed by atoms with E-state index in [1.54, 1.807) is 17.1 Å². The molecule has 1 fully saturated rings. The Morgan fingerprint density at radius 3 is 2.75 bits per heavy atom. The smallest absolute Gasteiger partial charge is 0.257 e. The number of hydrogen-bond donors (Lipinski definition) is 0. The highest BCUT2D eigenvalue weighted by Crippen LogP contribution is 2.20. The predicted octanol–water partition coefficient (Wildman–Crippen LogP) is 3.26. The van der Waals surface area contributed by atoms with E-state index in [4.69, 9.17) is 0 Å². The molecule has 1 aliphatic rings. The monoisotopic (exact) mass is 333 g/mol. The average Bonchev–Trinajstić information content (AvgIpc) is 3.08. The predicted molar refractivity (Wildman–Crippen MR) is 81.0 cm³/mol. The van der Waals surface area contributed by atoms with Gasteiger partial charge in [0.1, 0.15) is 0 Å². The zero-order valence-corrected chi connectivity index (χ0v) is 12.9. The van der Waals surface area contributed by atoms with Crippen molar-refractivity contribution in [1.29, 1.82) is 0 Å². The number of carbonyl (C=O) groups excluding carboxylic acids is 1. The summed E-state index contributed by atoms with van der Waals surface area (Å²) in [6.45, 7) is 2.95. The van der Waals surface area contributed by atoms with Crippen LogP contribution in [0.5, 0.6) is 0 Å². The molecular weight excluding hydrogens is 318 g/mol. The van der Waals surface area contributed by atoms with Gasteiger partial charge in [0, 0.05) is 23.3 Å². The highest BCUT2D eigenvalue weighted by atomic mass is 79.9. The molecule has 0 spiro atoms. The summed E-state index contributed by atoms with van der Waals surface area (Å²) in [6.07, 6.45) is 5.63. The molecule has 104 valence electrons. The minimum atomic E-state index is 0.0818. The summed E-state index contributed by atoms with van der Waals surface area (Å²) < 4.78 is 2.76. The van der Waals surface area contributed by atoms with Crippen molar-refractivity contribution in [3.63, 3.8) is 0 Å². The van der Waals surface area contributed by atoms with E-state index in [0.717, 1.165) is 29.5 Å². The topological polar surface area (TPSA) is 38.1 Å². The first kappa shape index (κ1) is 13.4. The van der Waals surface area contributed by atoms with Crippen LogP contribution in [0.2, 0.25) is 0 Å². The highest BCUT2D eigenvalue weighted by molar-refractivity contribution is 9.10. The molecule has 3 rings (SSSR count). The Labute approximate surface area is 126 Å². The molecule has 1 saturated heterocycles. The fourth-order valence-electron chi connectivity index (χ4n) is 2.57. The number of amides is 1. The van der Waals surface area contributed by atoms with Gasteiger partial charge in [-0.1, -0.05) is 15.9 Å². The number of rotatable bonds is 2. The zero-order chi connectivity index (χ0) is 14.1. The van der Waals surface area contributed by atoms with E-state index in [1.165, 1.54) is 0 Å². The third-order valence-electron chi connectivity index (χ3n) is 3.73. The van der Waals surface area contributed by atoms with Gasteiger partial charge in [-0.25, -0.2) is 4.68 Å². The summed E-state index contributed by atoms with van der Waals surface area (Å²) >= 11 is 3.41. The Balaban J connectivity index is 1.83. The maximum absolute atomic E-state index is 12.4. The van der Waals surface area contributed by atoms with E-state index < -0.39 is 0 Å². The van der Waals surface area contributed by atoms with Gasteiger partial charge < -0.3 is 4.90 Å². The molecule has 5 heteroatoms. The molecule has 2 heterocycles. The van der Waals surface area contributed by atoms with E-state index in [1.807, 2.05) is 29.2 Å². The summed E-state index contributed by atoms with van der Waals surface area (Å²) in [6, 6.07) is 8.17. The fourth-order valence-corrected chi connectivity index (χ4v) is 2.83. The number of benzene rings is 1. The first-order chi connectivity index (χ1) is 9.65. The van der Waals surface area contributed by atoms with Crippen LogP contribution in [0.3, 0.4) is 0 Å². The van der Waals surface area contributed by atoms with Gasteiger partial charge in [-0.05, 0) is 44.0 Å². The van der Waals surface area contributed by atoms with Gasteiger partial charge >= 0.3 is 0 Å². The lowest BCUT2D eigenvalue weighted by atomic mass is 10.2. The lowest BCUT2D eigenvalue weighted by molar-refractivity contribution is 0.0747. The van der Waals surface area contributed by atoms with E-state index in [0.29, 0.717) is 11.6 Å². The van der Waals surface area contributed by atoms with Gasteiger partial charge in [0.15, 0.2) is 0 Å². The van der Waals surface area contributed by atoms with E-state index in [9.17, 15) is 4.79 Å². The Hall–Kier alpha value is -1.62. The normalized spacial score (nSPS) is 18.5. The summed E-state index contributed by atoms with van der Waals surface area (Å²) in [5.74, 6) is 0.0818. The average molecular weight is 334 g/mol. The van der Waals surface area contributed by atoms with Gasteiger partial charge in [0.05, 0.1) is 17.4 Å². The molecule has 0 saturated carbocycles. The molecule has 4 nitrogen and oxygen atoms in total. The van der Waals surface area contributed by atoms with Crippen molar-refractivity contribution in [2.75, 3.05) is 6.54 Å². The van der Waals surface area contributed by atoms with Gasteiger partial charge in [-0.3, -0.25) is 4.79 Å². The van der Waals surface area contributed by atoms with Gasteiger partial charge in [-0.2, -0.15) is 5.10 Å². The molecule has 0 bridgehead atoms. The molecule has 2 aromatic rings. The van der Waals surface area contributed by atoms with Crippen LogP contribution in [-0.4, -0.2) is 33.2 Å². The van der Waals surface area contributed by atoms with Crippen molar-refractivity contribution < 1.29 is 4.79 Å². The zero-order valence-electron chi connectivity index (χ0n) is 11.3. The molecule has 0 unspecified atom stereocenters. The Kier molecular flexibility index (Phi) is 3.61. The maximum atomic E-state index is 12.4. The Morgan fingerprint density at radius 2 is 2.10 bits per heavy atom. The number of hydrogen-bond acceptors (Lipinski definition) is 2. The minimum Gasteiger partial charge on any atom is -0.336 e. The first-order valence-electron chi connectivity index (χ1n) is 6.77. The van der Waals surface area contributed by atoms with Crippen LogP contribution in [0.4, 0.5) is 0 Å². The number of nitrogens with zero attached hydrogens (tertiary/aromatic N) is 3. The molecule has 1 atom stereocenters. The molecule has 0 aliphatic carbocycles. The summed E-state index contributed by atoms with van der Waals surface area (Å²) in [5.41, 5.74) is 1.60. The van der Waals surface area contributed by atoms with Crippen molar-refractivity contribution in [1.82, 2.24) is 14.7 Å². The number of halogens is 1. The van der Waals surface area contributed by atoms with Crippen LogP contribution >= 0.6 is 15.9 Å². The molecule has 0 N–H and O–H groups in total.